The molecule has 1 aromatic carbocycles. The summed E-state index contributed by atoms with van der Waals surface area (Å²) in [7, 11) is 0. The lowest BCUT2D eigenvalue weighted by atomic mass is 10.2. The molecule has 0 aliphatic carbocycles. The maximum Gasteiger partial charge on any atom is 0.251 e. The van der Waals surface area contributed by atoms with E-state index in [1.54, 1.807) is 12.1 Å². The van der Waals surface area contributed by atoms with E-state index in [0.717, 1.165) is 16.4 Å². The van der Waals surface area contributed by atoms with Gasteiger partial charge in [-0.15, -0.1) is 11.6 Å². The number of amides is 1. The van der Waals surface area contributed by atoms with Crippen LogP contribution < -0.4 is 5.32 Å². The van der Waals surface area contributed by atoms with Gasteiger partial charge in [0.25, 0.3) is 5.91 Å². The molecule has 0 aliphatic heterocycles. The number of halogens is 3. The number of carbonyl (C=O) groups is 1. The summed E-state index contributed by atoms with van der Waals surface area (Å²) in [4.78, 5) is 11.8. The second kappa shape index (κ2) is 7.44. The molecule has 0 aliphatic rings. The van der Waals surface area contributed by atoms with Gasteiger partial charge in [-0.3, -0.25) is 4.79 Å². The standard InChI is InChI=1S/C12H14Cl2INO/c1-2-3-9(13)7-16-12(17)8-4-5-11(15)10(14)6-8/h4-6,9H,2-3,7H2,1H3,(H,16,17). The van der Waals surface area contributed by atoms with Gasteiger partial charge < -0.3 is 5.32 Å². The molecule has 1 rings (SSSR count). The molecule has 0 radical (unpaired) electrons. The van der Waals surface area contributed by atoms with Crippen molar-refractivity contribution in [3.63, 3.8) is 0 Å². The van der Waals surface area contributed by atoms with Gasteiger partial charge in [0.15, 0.2) is 0 Å². The largest absolute Gasteiger partial charge is 0.351 e. The molecule has 0 saturated heterocycles. The van der Waals surface area contributed by atoms with Gasteiger partial charge in [0, 0.05) is 15.7 Å². The molecule has 1 amide bonds. The molecule has 1 atom stereocenters. The first-order valence-corrected chi connectivity index (χ1v) is 7.31. The minimum absolute atomic E-state index is 0.0109. The fourth-order valence-electron chi connectivity index (χ4n) is 1.36. The molecule has 0 bridgehead atoms. The fourth-order valence-corrected chi connectivity index (χ4v) is 2.17. The predicted molar refractivity (Wildman–Crippen MR) is 81.1 cm³/mol. The van der Waals surface area contributed by atoms with Gasteiger partial charge >= 0.3 is 0 Å². The highest BCUT2D eigenvalue weighted by atomic mass is 127. The van der Waals surface area contributed by atoms with Crippen molar-refractivity contribution in [2.45, 2.75) is 25.1 Å². The van der Waals surface area contributed by atoms with Crippen molar-refractivity contribution >= 4 is 51.7 Å². The summed E-state index contributed by atoms with van der Waals surface area (Å²) in [6.07, 6.45) is 1.91. The van der Waals surface area contributed by atoms with Crippen LogP contribution in [0.5, 0.6) is 0 Å². The van der Waals surface area contributed by atoms with Gasteiger partial charge in [-0.25, -0.2) is 0 Å². The Kier molecular flexibility index (Phi) is 6.59. The van der Waals surface area contributed by atoms with Crippen molar-refractivity contribution in [2.75, 3.05) is 6.54 Å². The highest BCUT2D eigenvalue weighted by molar-refractivity contribution is 14.1. The number of hydrogen-bond donors (Lipinski definition) is 1. The maximum absolute atomic E-state index is 11.8. The average Bonchev–Trinajstić information content (AvgIpc) is 2.30. The summed E-state index contributed by atoms with van der Waals surface area (Å²) in [5.74, 6) is -0.134. The molecular formula is C12H14Cl2INO. The van der Waals surface area contributed by atoms with Gasteiger partial charge in [-0.1, -0.05) is 24.9 Å². The molecule has 1 aromatic rings. The van der Waals surface area contributed by atoms with Crippen LogP contribution in [0, 0.1) is 3.57 Å². The van der Waals surface area contributed by atoms with Gasteiger partial charge in [-0.2, -0.15) is 0 Å². The summed E-state index contributed by atoms with van der Waals surface area (Å²) >= 11 is 14.1. The minimum Gasteiger partial charge on any atom is -0.351 e. The van der Waals surface area contributed by atoms with E-state index in [1.165, 1.54) is 0 Å². The zero-order valence-electron chi connectivity index (χ0n) is 9.47. The number of nitrogens with one attached hydrogen (secondary N) is 1. The van der Waals surface area contributed by atoms with Crippen LogP contribution in [0.1, 0.15) is 30.1 Å². The zero-order valence-corrected chi connectivity index (χ0v) is 13.1. The van der Waals surface area contributed by atoms with Crippen LogP contribution in [0.2, 0.25) is 5.02 Å². The summed E-state index contributed by atoms with van der Waals surface area (Å²) in [6.45, 7) is 2.55. The van der Waals surface area contributed by atoms with E-state index < -0.39 is 0 Å². The number of alkyl halides is 1. The molecule has 2 nitrogen and oxygen atoms in total. The van der Waals surface area contributed by atoms with Crippen molar-refractivity contribution in [3.8, 4) is 0 Å². The third-order valence-corrected chi connectivity index (χ3v) is 4.21. The molecule has 0 spiro atoms. The van der Waals surface area contributed by atoms with Gasteiger partial charge in [0.1, 0.15) is 0 Å². The van der Waals surface area contributed by atoms with Crippen molar-refractivity contribution in [3.05, 3.63) is 32.4 Å². The molecule has 0 heterocycles. The van der Waals surface area contributed by atoms with E-state index in [9.17, 15) is 4.79 Å². The first-order valence-electron chi connectivity index (χ1n) is 5.42. The molecule has 94 valence electrons. The van der Waals surface area contributed by atoms with Gasteiger partial charge in [-0.05, 0) is 47.2 Å². The van der Waals surface area contributed by atoms with Crippen LogP contribution in [-0.2, 0) is 0 Å². The lowest BCUT2D eigenvalue weighted by Gasteiger charge is -2.10. The topological polar surface area (TPSA) is 29.1 Å². The number of hydrogen-bond acceptors (Lipinski definition) is 1. The molecule has 1 unspecified atom stereocenters. The Labute approximate surface area is 125 Å². The van der Waals surface area contributed by atoms with Crippen LogP contribution in [-0.4, -0.2) is 17.8 Å². The molecule has 1 N–H and O–H groups in total. The highest BCUT2D eigenvalue weighted by Gasteiger charge is 2.09. The van der Waals surface area contributed by atoms with Crippen LogP contribution in [0.3, 0.4) is 0 Å². The number of rotatable bonds is 5. The Hall–Kier alpha value is -0.0000000000000000555. The monoisotopic (exact) mass is 385 g/mol. The van der Waals surface area contributed by atoms with E-state index in [-0.39, 0.29) is 11.3 Å². The second-order valence-corrected chi connectivity index (χ2v) is 5.91. The molecular weight excluding hydrogens is 372 g/mol. The molecule has 17 heavy (non-hydrogen) atoms. The number of benzene rings is 1. The molecule has 0 saturated carbocycles. The van der Waals surface area contributed by atoms with Crippen molar-refractivity contribution in [1.82, 2.24) is 5.32 Å². The van der Waals surface area contributed by atoms with E-state index >= 15 is 0 Å². The third-order valence-electron chi connectivity index (χ3n) is 2.27. The van der Waals surface area contributed by atoms with Crippen LogP contribution in [0.25, 0.3) is 0 Å². The molecule has 0 aromatic heterocycles. The van der Waals surface area contributed by atoms with Gasteiger partial charge in [0.2, 0.25) is 0 Å². The van der Waals surface area contributed by atoms with E-state index in [1.807, 2.05) is 6.07 Å². The minimum atomic E-state index is -0.134. The van der Waals surface area contributed by atoms with E-state index in [0.29, 0.717) is 17.1 Å². The number of carbonyl (C=O) groups excluding carboxylic acids is 1. The highest BCUT2D eigenvalue weighted by Crippen LogP contribution is 2.19. The van der Waals surface area contributed by atoms with Crippen LogP contribution in [0.15, 0.2) is 18.2 Å². The Morgan fingerprint density at radius 2 is 2.24 bits per heavy atom. The third kappa shape index (κ3) is 5.02. The Balaban J connectivity index is 2.55. The smallest absolute Gasteiger partial charge is 0.251 e. The van der Waals surface area contributed by atoms with E-state index in [2.05, 4.69) is 34.8 Å². The first-order chi connectivity index (χ1) is 8.04. The molecule has 0 fully saturated rings. The molecule has 5 heteroatoms. The Morgan fingerprint density at radius 1 is 1.53 bits per heavy atom. The van der Waals surface area contributed by atoms with Crippen molar-refractivity contribution in [1.29, 1.82) is 0 Å². The summed E-state index contributed by atoms with van der Waals surface area (Å²) in [6, 6.07) is 5.25. The average molecular weight is 386 g/mol. The van der Waals surface area contributed by atoms with E-state index in [4.69, 9.17) is 23.2 Å². The normalized spacial score (nSPS) is 12.2. The van der Waals surface area contributed by atoms with Crippen molar-refractivity contribution < 1.29 is 4.79 Å². The summed E-state index contributed by atoms with van der Waals surface area (Å²) in [5.41, 5.74) is 0.566. The Bertz CT molecular complexity index is 398. The van der Waals surface area contributed by atoms with Crippen LogP contribution >= 0.6 is 45.8 Å². The first kappa shape index (κ1) is 15.1. The Morgan fingerprint density at radius 3 is 2.82 bits per heavy atom. The van der Waals surface area contributed by atoms with Crippen LogP contribution in [0.4, 0.5) is 0 Å². The summed E-state index contributed by atoms with van der Waals surface area (Å²) < 4.78 is 0.932. The fraction of sp³-hybridized carbons (Fsp3) is 0.417. The van der Waals surface area contributed by atoms with Crippen molar-refractivity contribution in [2.24, 2.45) is 0 Å². The SMILES string of the molecule is CCCC(Cl)CNC(=O)c1ccc(I)c(Cl)c1. The lowest BCUT2D eigenvalue weighted by Crippen LogP contribution is -2.29. The predicted octanol–water partition coefficient (Wildman–Crippen LogP) is 4.08. The maximum atomic E-state index is 11.8. The lowest BCUT2D eigenvalue weighted by molar-refractivity contribution is 0.0953. The van der Waals surface area contributed by atoms with Gasteiger partial charge in [0.05, 0.1) is 10.4 Å². The zero-order chi connectivity index (χ0) is 12.8. The quantitative estimate of drug-likeness (QED) is 0.600. The summed E-state index contributed by atoms with van der Waals surface area (Å²) in [5, 5.41) is 3.38. The second-order valence-electron chi connectivity index (χ2n) is 3.72.